The second kappa shape index (κ2) is 5.45. The van der Waals surface area contributed by atoms with Gasteiger partial charge in [0.2, 0.25) is 5.92 Å². The fraction of sp³-hybridized carbons (Fsp3) is 0.417. The van der Waals surface area contributed by atoms with Crippen LogP contribution in [0.4, 0.5) is 8.78 Å². The molecule has 0 unspecified atom stereocenters. The normalized spacial score (nSPS) is 10.9. The molecule has 0 aromatic heterocycles. The van der Waals surface area contributed by atoms with E-state index in [9.17, 15) is 8.78 Å². The van der Waals surface area contributed by atoms with Crippen LogP contribution in [0.15, 0.2) is 24.3 Å². The van der Waals surface area contributed by atoms with Crippen LogP contribution in [0.25, 0.3) is 0 Å². The lowest BCUT2D eigenvalue weighted by molar-refractivity contribution is 0.000863. The zero-order valence-corrected chi connectivity index (χ0v) is 9.04. The molecule has 0 bridgehead atoms. The third-order valence-corrected chi connectivity index (χ3v) is 1.99. The minimum absolute atomic E-state index is 0.0283. The first kappa shape index (κ1) is 12.4. The second-order valence-corrected chi connectivity index (χ2v) is 3.65. The van der Waals surface area contributed by atoms with Crippen molar-refractivity contribution in [1.29, 1.82) is 5.26 Å². The molecule has 1 aromatic carbocycles. The maximum Gasteiger partial charge on any atom is 0.248 e. The number of nitriles is 1. The number of ether oxygens (including phenoxy) is 1. The highest BCUT2D eigenvalue weighted by molar-refractivity contribution is 5.29. The number of alkyl halides is 2. The van der Waals surface area contributed by atoms with Gasteiger partial charge in [-0.3, -0.25) is 0 Å². The summed E-state index contributed by atoms with van der Waals surface area (Å²) >= 11 is 0. The van der Waals surface area contributed by atoms with Crippen LogP contribution in [-0.4, -0.2) is 12.5 Å². The minimum atomic E-state index is -2.70. The summed E-state index contributed by atoms with van der Waals surface area (Å²) in [5.41, 5.74) is 0.822. The van der Waals surface area contributed by atoms with Crippen molar-refractivity contribution in [3.8, 4) is 11.8 Å². The topological polar surface area (TPSA) is 33.0 Å². The van der Waals surface area contributed by atoms with E-state index in [0.717, 1.165) is 12.5 Å². The summed E-state index contributed by atoms with van der Waals surface area (Å²) in [6, 6.07) is 8.93. The molecule has 0 aliphatic rings. The summed E-state index contributed by atoms with van der Waals surface area (Å²) in [6.45, 7) is 0.835. The van der Waals surface area contributed by atoms with E-state index < -0.39 is 5.92 Å². The Morgan fingerprint density at radius 2 is 2.19 bits per heavy atom. The molecule has 1 rings (SSSR count). The van der Waals surface area contributed by atoms with E-state index in [2.05, 4.69) is 0 Å². The van der Waals surface area contributed by atoms with Gasteiger partial charge in [-0.05, 0) is 24.6 Å². The smallest absolute Gasteiger partial charge is 0.248 e. The molecule has 0 heterocycles. The van der Waals surface area contributed by atoms with Gasteiger partial charge >= 0.3 is 0 Å². The zero-order valence-electron chi connectivity index (χ0n) is 9.04. The summed E-state index contributed by atoms with van der Waals surface area (Å²) in [5.74, 6) is -2.18. The van der Waals surface area contributed by atoms with Crippen LogP contribution >= 0.6 is 0 Å². The van der Waals surface area contributed by atoms with Gasteiger partial charge < -0.3 is 4.74 Å². The maximum absolute atomic E-state index is 12.5. The van der Waals surface area contributed by atoms with Gasteiger partial charge in [-0.15, -0.1) is 0 Å². The first-order valence-corrected chi connectivity index (χ1v) is 4.98. The molecule has 0 aliphatic carbocycles. The van der Waals surface area contributed by atoms with Gasteiger partial charge in [-0.25, -0.2) is 8.78 Å². The fourth-order valence-corrected chi connectivity index (χ4v) is 1.18. The largest absolute Gasteiger partial charge is 0.493 e. The van der Waals surface area contributed by atoms with E-state index >= 15 is 0 Å². The highest BCUT2D eigenvalue weighted by Gasteiger charge is 2.20. The number of benzene rings is 1. The van der Waals surface area contributed by atoms with Gasteiger partial charge in [0.15, 0.2) is 0 Å². The number of halogens is 2. The minimum Gasteiger partial charge on any atom is -0.493 e. The van der Waals surface area contributed by atoms with Gasteiger partial charge in [0.25, 0.3) is 0 Å². The van der Waals surface area contributed by atoms with Crippen molar-refractivity contribution >= 4 is 0 Å². The third-order valence-electron chi connectivity index (χ3n) is 1.99. The van der Waals surface area contributed by atoms with Gasteiger partial charge in [0, 0.05) is 6.42 Å². The van der Waals surface area contributed by atoms with Crippen molar-refractivity contribution < 1.29 is 13.5 Å². The maximum atomic E-state index is 12.5. The first-order valence-electron chi connectivity index (χ1n) is 4.98. The molecule has 1 aromatic rings. The van der Waals surface area contributed by atoms with E-state index in [0.29, 0.717) is 12.2 Å². The molecule has 4 heteroatoms. The fourth-order valence-electron chi connectivity index (χ4n) is 1.18. The lowest BCUT2D eigenvalue weighted by Crippen LogP contribution is -2.14. The summed E-state index contributed by atoms with van der Waals surface area (Å²) in [6.07, 6.45) is -0.0172. The Hall–Kier alpha value is -1.63. The number of rotatable bonds is 5. The van der Waals surface area contributed by atoms with Crippen molar-refractivity contribution in [1.82, 2.24) is 0 Å². The highest BCUT2D eigenvalue weighted by atomic mass is 19.3. The first-order chi connectivity index (χ1) is 7.51. The van der Waals surface area contributed by atoms with Gasteiger partial charge in [-0.1, -0.05) is 12.1 Å². The SMILES string of the molecule is CC(F)(F)CCOc1cccc(CC#N)c1. The van der Waals surface area contributed by atoms with Crippen molar-refractivity contribution in [3.05, 3.63) is 29.8 Å². The molecule has 0 saturated heterocycles. The standard InChI is InChI=1S/C12H13F2NO/c1-12(13,14)6-8-16-11-4-2-3-10(9-11)5-7-15/h2-4,9H,5-6,8H2,1H3. The Bertz CT molecular complexity index is 379. The highest BCUT2D eigenvalue weighted by Crippen LogP contribution is 2.18. The van der Waals surface area contributed by atoms with E-state index in [1.807, 2.05) is 6.07 Å². The summed E-state index contributed by atoms with van der Waals surface area (Å²) < 4.78 is 30.2. The molecular formula is C12H13F2NO. The van der Waals surface area contributed by atoms with E-state index in [4.69, 9.17) is 10.00 Å². The van der Waals surface area contributed by atoms with Crippen LogP contribution in [0.1, 0.15) is 18.9 Å². The molecule has 0 atom stereocenters. The predicted molar refractivity (Wildman–Crippen MR) is 56.5 cm³/mol. The molecule has 0 saturated carbocycles. The molecule has 0 fully saturated rings. The Balaban J connectivity index is 2.48. The van der Waals surface area contributed by atoms with Crippen molar-refractivity contribution in [3.63, 3.8) is 0 Å². The monoisotopic (exact) mass is 225 g/mol. The van der Waals surface area contributed by atoms with Crippen molar-refractivity contribution in [2.75, 3.05) is 6.61 Å². The van der Waals surface area contributed by atoms with Gasteiger partial charge in [0.05, 0.1) is 19.1 Å². The van der Waals surface area contributed by atoms with Crippen LogP contribution < -0.4 is 4.74 Å². The molecule has 2 nitrogen and oxygen atoms in total. The number of hydrogen-bond acceptors (Lipinski definition) is 2. The third kappa shape index (κ3) is 4.74. The van der Waals surface area contributed by atoms with Gasteiger partial charge in [0.1, 0.15) is 5.75 Å². The molecule has 0 radical (unpaired) electrons. The number of hydrogen-bond donors (Lipinski definition) is 0. The summed E-state index contributed by atoms with van der Waals surface area (Å²) in [4.78, 5) is 0. The zero-order chi connectivity index (χ0) is 12.0. The van der Waals surface area contributed by atoms with Crippen molar-refractivity contribution in [2.45, 2.75) is 25.7 Å². The molecular weight excluding hydrogens is 212 g/mol. The van der Waals surface area contributed by atoms with E-state index in [-0.39, 0.29) is 13.0 Å². The molecule has 0 amide bonds. The molecule has 0 spiro atoms. The van der Waals surface area contributed by atoms with Crippen LogP contribution in [-0.2, 0) is 6.42 Å². The Labute approximate surface area is 93.5 Å². The van der Waals surface area contributed by atoms with Crippen molar-refractivity contribution in [2.24, 2.45) is 0 Å². The molecule has 0 N–H and O–H groups in total. The van der Waals surface area contributed by atoms with Crippen LogP contribution in [0.3, 0.4) is 0 Å². The van der Waals surface area contributed by atoms with Crippen LogP contribution in [0.5, 0.6) is 5.75 Å². The summed E-state index contributed by atoms with van der Waals surface area (Å²) in [5, 5.41) is 8.50. The molecule has 16 heavy (non-hydrogen) atoms. The Morgan fingerprint density at radius 1 is 1.44 bits per heavy atom. The van der Waals surface area contributed by atoms with Crippen LogP contribution in [0, 0.1) is 11.3 Å². The van der Waals surface area contributed by atoms with E-state index in [1.54, 1.807) is 24.3 Å². The average molecular weight is 225 g/mol. The second-order valence-electron chi connectivity index (χ2n) is 3.65. The molecule has 86 valence electrons. The lowest BCUT2D eigenvalue weighted by Gasteiger charge is -2.11. The Morgan fingerprint density at radius 3 is 2.81 bits per heavy atom. The van der Waals surface area contributed by atoms with Gasteiger partial charge in [-0.2, -0.15) is 5.26 Å². The van der Waals surface area contributed by atoms with Crippen LogP contribution in [0.2, 0.25) is 0 Å². The Kier molecular flexibility index (Phi) is 4.24. The number of nitrogens with zero attached hydrogens (tertiary/aromatic N) is 1. The van der Waals surface area contributed by atoms with E-state index in [1.165, 1.54) is 0 Å². The summed E-state index contributed by atoms with van der Waals surface area (Å²) in [7, 11) is 0. The predicted octanol–water partition coefficient (Wildman–Crippen LogP) is 3.18. The lowest BCUT2D eigenvalue weighted by atomic mass is 10.1. The molecule has 0 aliphatic heterocycles. The average Bonchev–Trinajstić information content (AvgIpc) is 2.17. The quantitative estimate of drug-likeness (QED) is 0.771.